The summed E-state index contributed by atoms with van der Waals surface area (Å²) in [6, 6.07) is 0.657. The number of likely N-dealkylation sites (tertiary alicyclic amines) is 1. The highest BCUT2D eigenvalue weighted by Gasteiger charge is 2.21. The quantitative estimate of drug-likeness (QED) is 0.754. The van der Waals surface area contributed by atoms with Crippen molar-refractivity contribution < 1.29 is 4.79 Å². The normalized spacial score (nSPS) is 20.5. The first-order chi connectivity index (χ1) is 7.99. The predicted molar refractivity (Wildman–Crippen MR) is 70.7 cm³/mol. The highest BCUT2D eigenvalue weighted by atomic mass is 16.1. The molecule has 1 aliphatic rings. The van der Waals surface area contributed by atoms with Gasteiger partial charge in [-0.15, -0.1) is 0 Å². The Morgan fingerprint density at radius 2 is 1.94 bits per heavy atom. The van der Waals surface area contributed by atoms with Crippen LogP contribution < -0.4 is 11.1 Å². The molecular formula is C13H27N3O. The smallest absolute Gasteiger partial charge is 0.222 e. The lowest BCUT2D eigenvalue weighted by atomic mass is 10.0. The van der Waals surface area contributed by atoms with Gasteiger partial charge in [0.05, 0.1) is 0 Å². The maximum Gasteiger partial charge on any atom is 0.222 e. The third kappa shape index (κ3) is 5.50. The highest BCUT2D eigenvalue weighted by molar-refractivity contribution is 5.78. The van der Waals surface area contributed by atoms with E-state index in [1.54, 1.807) is 0 Å². The fraction of sp³-hybridized carbons (Fsp3) is 0.923. The molecule has 4 nitrogen and oxygen atoms in total. The first-order valence-corrected chi connectivity index (χ1v) is 6.77. The van der Waals surface area contributed by atoms with Crippen LogP contribution in [0.25, 0.3) is 0 Å². The van der Waals surface area contributed by atoms with Crippen molar-refractivity contribution in [2.24, 2.45) is 11.7 Å². The van der Waals surface area contributed by atoms with E-state index in [0.717, 1.165) is 38.9 Å². The van der Waals surface area contributed by atoms with Crippen molar-refractivity contribution in [3.8, 4) is 0 Å². The molecule has 1 amide bonds. The number of rotatable bonds is 5. The predicted octanol–water partition coefficient (Wildman–Crippen LogP) is 0.960. The van der Waals surface area contributed by atoms with Crippen LogP contribution in [0, 0.1) is 5.92 Å². The molecule has 0 aromatic rings. The molecule has 0 radical (unpaired) electrons. The lowest BCUT2D eigenvalue weighted by Crippen LogP contribution is -2.46. The summed E-state index contributed by atoms with van der Waals surface area (Å²) in [6.07, 6.45) is 3.19. The van der Waals surface area contributed by atoms with Gasteiger partial charge in [0.1, 0.15) is 0 Å². The first-order valence-electron chi connectivity index (χ1n) is 6.77. The van der Waals surface area contributed by atoms with E-state index in [1.807, 2.05) is 13.8 Å². The molecular weight excluding hydrogens is 214 g/mol. The molecule has 0 aromatic heterocycles. The summed E-state index contributed by atoms with van der Waals surface area (Å²) in [4.78, 5) is 14.0. The summed E-state index contributed by atoms with van der Waals surface area (Å²) in [5.74, 6) is 0.269. The van der Waals surface area contributed by atoms with Crippen LogP contribution in [0.2, 0.25) is 0 Å². The summed E-state index contributed by atoms with van der Waals surface area (Å²) in [5, 5.41) is 3.11. The van der Waals surface area contributed by atoms with E-state index in [-0.39, 0.29) is 17.9 Å². The van der Waals surface area contributed by atoms with Crippen LogP contribution in [-0.2, 0) is 4.79 Å². The number of hydrogen-bond donors (Lipinski definition) is 2. The number of hydrogen-bond acceptors (Lipinski definition) is 3. The van der Waals surface area contributed by atoms with Crippen molar-refractivity contribution >= 4 is 5.91 Å². The maximum absolute atomic E-state index is 11.6. The Morgan fingerprint density at radius 3 is 2.41 bits per heavy atom. The topological polar surface area (TPSA) is 58.4 Å². The van der Waals surface area contributed by atoms with Gasteiger partial charge in [-0.3, -0.25) is 4.79 Å². The van der Waals surface area contributed by atoms with Crippen molar-refractivity contribution in [1.82, 2.24) is 10.2 Å². The van der Waals surface area contributed by atoms with E-state index < -0.39 is 0 Å². The molecule has 1 unspecified atom stereocenters. The molecule has 0 saturated carbocycles. The van der Waals surface area contributed by atoms with Gasteiger partial charge in [0, 0.05) is 31.1 Å². The van der Waals surface area contributed by atoms with Crippen LogP contribution in [0.1, 0.15) is 40.0 Å². The van der Waals surface area contributed by atoms with Gasteiger partial charge in [-0.25, -0.2) is 0 Å². The fourth-order valence-electron chi connectivity index (χ4n) is 2.05. The second-order valence-corrected chi connectivity index (χ2v) is 5.55. The minimum atomic E-state index is 0.0890. The number of nitrogens with zero attached hydrogens (tertiary/aromatic N) is 1. The number of amides is 1. The van der Waals surface area contributed by atoms with Crippen molar-refractivity contribution in [2.45, 2.75) is 52.1 Å². The number of nitrogens with two attached hydrogens (primary N) is 1. The zero-order chi connectivity index (χ0) is 12.8. The SMILES string of the molecule is CC(N)CCN1CCC(NC(=O)C(C)C)CC1. The Bertz CT molecular complexity index is 233. The van der Waals surface area contributed by atoms with E-state index in [1.165, 1.54) is 0 Å². The fourth-order valence-corrected chi connectivity index (χ4v) is 2.05. The number of carbonyl (C=O) groups is 1. The van der Waals surface area contributed by atoms with Crippen molar-refractivity contribution in [3.63, 3.8) is 0 Å². The standard InChI is InChI=1S/C13H27N3O/c1-10(2)13(17)15-12-5-8-16(9-6-12)7-4-11(3)14/h10-12H,4-9,14H2,1-3H3,(H,15,17). The highest BCUT2D eigenvalue weighted by Crippen LogP contribution is 2.11. The monoisotopic (exact) mass is 241 g/mol. The molecule has 1 saturated heterocycles. The summed E-state index contributed by atoms with van der Waals surface area (Å²) in [5.41, 5.74) is 5.75. The minimum absolute atomic E-state index is 0.0890. The molecule has 100 valence electrons. The second-order valence-electron chi connectivity index (χ2n) is 5.55. The Hall–Kier alpha value is -0.610. The number of nitrogens with one attached hydrogen (secondary N) is 1. The van der Waals surface area contributed by atoms with Crippen molar-refractivity contribution in [1.29, 1.82) is 0 Å². The first kappa shape index (κ1) is 14.5. The molecule has 3 N–H and O–H groups in total. The summed E-state index contributed by atoms with van der Waals surface area (Å²) in [7, 11) is 0. The van der Waals surface area contributed by atoms with Crippen LogP contribution in [0.5, 0.6) is 0 Å². The van der Waals surface area contributed by atoms with Gasteiger partial charge in [0.15, 0.2) is 0 Å². The van der Waals surface area contributed by atoms with Gasteiger partial charge >= 0.3 is 0 Å². The summed E-state index contributed by atoms with van der Waals surface area (Å²) in [6.45, 7) is 9.17. The van der Waals surface area contributed by atoms with E-state index >= 15 is 0 Å². The summed E-state index contributed by atoms with van der Waals surface area (Å²) < 4.78 is 0. The molecule has 0 aliphatic carbocycles. The van der Waals surface area contributed by atoms with Crippen LogP contribution >= 0.6 is 0 Å². The number of piperidine rings is 1. The average molecular weight is 241 g/mol. The van der Waals surface area contributed by atoms with Crippen molar-refractivity contribution in [2.75, 3.05) is 19.6 Å². The molecule has 1 aliphatic heterocycles. The Balaban J connectivity index is 2.19. The molecule has 1 rings (SSSR count). The van der Waals surface area contributed by atoms with E-state index in [0.29, 0.717) is 6.04 Å². The van der Waals surface area contributed by atoms with Gasteiger partial charge in [-0.05, 0) is 32.7 Å². The van der Waals surface area contributed by atoms with Gasteiger partial charge in [-0.2, -0.15) is 0 Å². The Labute approximate surface area is 105 Å². The largest absolute Gasteiger partial charge is 0.353 e. The van der Waals surface area contributed by atoms with E-state index in [4.69, 9.17) is 5.73 Å². The van der Waals surface area contributed by atoms with Gasteiger partial charge in [-0.1, -0.05) is 13.8 Å². The van der Waals surface area contributed by atoms with E-state index in [2.05, 4.69) is 17.1 Å². The number of carbonyl (C=O) groups excluding carboxylic acids is 1. The lowest BCUT2D eigenvalue weighted by molar-refractivity contribution is -0.125. The van der Waals surface area contributed by atoms with Crippen LogP contribution in [0.3, 0.4) is 0 Å². The lowest BCUT2D eigenvalue weighted by Gasteiger charge is -2.33. The Kier molecular flexibility index (Phi) is 5.92. The third-order valence-electron chi connectivity index (χ3n) is 3.36. The zero-order valence-corrected chi connectivity index (χ0v) is 11.4. The molecule has 0 bridgehead atoms. The minimum Gasteiger partial charge on any atom is -0.353 e. The molecule has 0 aromatic carbocycles. The third-order valence-corrected chi connectivity index (χ3v) is 3.36. The molecule has 1 heterocycles. The van der Waals surface area contributed by atoms with Crippen LogP contribution in [0.15, 0.2) is 0 Å². The van der Waals surface area contributed by atoms with Crippen molar-refractivity contribution in [3.05, 3.63) is 0 Å². The van der Waals surface area contributed by atoms with Gasteiger partial charge < -0.3 is 16.0 Å². The average Bonchev–Trinajstić information content (AvgIpc) is 2.28. The van der Waals surface area contributed by atoms with Crippen LogP contribution in [-0.4, -0.2) is 42.5 Å². The molecule has 1 atom stereocenters. The van der Waals surface area contributed by atoms with Crippen LogP contribution in [0.4, 0.5) is 0 Å². The molecule has 1 fully saturated rings. The molecule has 4 heteroatoms. The van der Waals surface area contributed by atoms with Gasteiger partial charge in [0.2, 0.25) is 5.91 Å². The maximum atomic E-state index is 11.6. The Morgan fingerprint density at radius 1 is 1.35 bits per heavy atom. The van der Waals surface area contributed by atoms with E-state index in [9.17, 15) is 4.79 Å². The summed E-state index contributed by atoms with van der Waals surface area (Å²) >= 11 is 0. The molecule has 0 spiro atoms. The molecule has 17 heavy (non-hydrogen) atoms. The second kappa shape index (κ2) is 6.97. The van der Waals surface area contributed by atoms with Gasteiger partial charge in [0.25, 0.3) is 0 Å². The zero-order valence-electron chi connectivity index (χ0n) is 11.4.